The molecule has 6 heteroatoms. The highest BCUT2D eigenvalue weighted by Gasteiger charge is 2.67. The molecule has 3 fully saturated rings. The Kier molecular flexibility index (Phi) is 2.71. The average Bonchev–Trinajstić information content (AvgIpc) is 2.87. The Morgan fingerprint density at radius 1 is 1.00 bits per heavy atom. The number of Topliss-reactive ketones (excluding diaryl/α,β-unsaturated/α-hetero) is 1. The molecule has 3 saturated heterocycles. The van der Waals surface area contributed by atoms with Crippen molar-refractivity contribution in [1.29, 1.82) is 0 Å². The maximum Gasteiger partial charge on any atom is 0.251 e. The minimum absolute atomic E-state index is 0.0427. The molecule has 2 amide bonds. The third-order valence-electron chi connectivity index (χ3n) is 5.46. The minimum Gasteiger partial charge on any atom is -0.365 e. The number of hydrogen-bond donors (Lipinski definition) is 0. The highest BCUT2D eigenvalue weighted by atomic mass is 16.5. The zero-order chi connectivity index (χ0) is 16.6. The van der Waals surface area contributed by atoms with Crippen molar-refractivity contribution in [3.05, 3.63) is 48.0 Å². The summed E-state index contributed by atoms with van der Waals surface area (Å²) in [4.78, 5) is 37.7. The zero-order valence-electron chi connectivity index (χ0n) is 13.0. The van der Waals surface area contributed by atoms with Gasteiger partial charge in [-0.15, -0.1) is 0 Å². The molecular weight excluding hydrogens is 308 g/mol. The van der Waals surface area contributed by atoms with E-state index in [4.69, 9.17) is 4.74 Å². The molecule has 4 aliphatic rings. The normalized spacial score (nSPS) is 41.9. The molecule has 1 aromatic carbocycles. The van der Waals surface area contributed by atoms with Crippen LogP contribution in [0.1, 0.15) is 18.5 Å². The number of nitrogens with zero attached hydrogens (tertiary/aromatic N) is 2. The van der Waals surface area contributed by atoms with Crippen molar-refractivity contribution in [2.75, 3.05) is 0 Å². The Bertz CT molecular complexity index is 759. The van der Waals surface area contributed by atoms with E-state index in [1.165, 1.54) is 11.9 Å². The van der Waals surface area contributed by atoms with E-state index >= 15 is 0 Å². The number of carbonyl (C=O) groups is 3. The molecule has 122 valence electrons. The van der Waals surface area contributed by atoms with Gasteiger partial charge in [0.15, 0.2) is 5.78 Å². The number of hydrogen-bond acceptors (Lipinski definition) is 5. The fourth-order valence-electron chi connectivity index (χ4n) is 4.38. The summed E-state index contributed by atoms with van der Waals surface area (Å²) in [6, 6.07) is 8.82. The van der Waals surface area contributed by atoms with E-state index in [-0.39, 0.29) is 35.8 Å². The number of benzene rings is 1. The number of rotatable bonds is 3. The van der Waals surface area contributed by atoms with Crippen LogP contribution in [-0.2, 0) is 19.1 Å². The SMILES string of the molecule is CC(=O)[C@@H]1[C@@H](c2ccccc2)N1N1C(=O)[C@@H]2[C@H](C1=O)[C@H]1C=C[C@@H]2O1. The smallest absolute Gasteiger partial charge is 0.251 e. The number of hydrazine groups is 1. The fraction of sp³-hybridized carbons (Fsp3) is 0.389. The fourth-order valence-corrected chi connectivity index (χ4v) is 4.38. The van der Waals surface area contributed by atoms with Gasteiger partial charge in [0.2, 0.25) is 0 Å². The largest absolute Gasteiger partial charge is 0.365 e. The molecule has 4 aliphatic heterocycles. The van der Waals surface area contributed by atoms with E-state index in [0.29, 0.717) is 0 Å². The van der Waals surface area contributed by atoms with E-state index in [0.717, 1.165) is 5.56 Å². The predicted molar refractivity (Wildman–Crippen MR) is 82.1 cm³/mol. The molecule has 0 aromatic heterocycles. The van der Waals surface area contributed by atoms with Gasteiger partial charge in [0.25, 0.3) is 11.8 Å². The quantitative estimate of drug-likeness (QED) is 0.469. The van der Waals surface area contributed by atoms with E-state index in [9.17, 15) is 14.4 Å². The van der Waals surface area contributed by atoms with Crippen LogP contribution in [0.25, 0.3) is 0 Å². The molecule has 24 heavy (non-hydrogen) atoms. The Morgan fingerprint density at radius 2 is 1.58 bits per heavy atom. The van der Waals surface area contributed by atoms with Gasteiger partial charge in [-0.2, -0.15) is 5.01 Å². The first-order valence-electron chi connectivity index (χ1n) is 8.15. The molecule has 2 bridgehead atoms. The molecule has 0 spiro atoms. The molecule has 1 unspecified atom stereocenters. The summed E-state index contributed by atoms with van der Waals surface area (Å²) in [5.74, 6) is -1.42. The van der Waals surface area contributed by atoms with Gasteiger partial charge in [-0.25, -0.2) is 5.01 Å². The van der Waals surface area contributed by atoms with Crippen LogP contribution in [-0.4, -0.2) is 45.9 Å². The number of ether oxygens (including phenoxy) is 1. The average molecular weight is 324 g/mol. The first-order chi connectivity index (χ1) is 11.6. The summed E-state index contributed by atoms with van der Waals surface area (Å²) in [5.41, 5.74) is 0.938. The predicted octanol–water partition coefficient (Wildman–Crippen LogP) is 0.854. The van der Waals surface area contributed by atoms with Crippen molar-refractivity contribution in [2.45, 2.75) is 31.2 Å². The Hall–Kier alpha value is -2.31. The highest BCUT2D eigenvalue weighted by Crippen LogP contribution is 2.52. The Labute approximate surface area is 138 Å². The Morgan fingerprint density at radius 3 is 2.12 bits per heavy atom. The molecular formula is C18H16N2O4. The highest BCUT2D eigenvalue weighted by molar-refractivity contribution is 6.07. The lowest BCUT2D eigenvalue weighted by atomic mass is 9.85. The van der Waals surface area contributed by atoms with Gasteiger partial charge < -0.3 is 4.74 Å². The van der Waals surface area contributed by atoms with Crippen LogP contribution in [0.4, 0.5) is 0 Å². The molecule has 5 rings (SSSR count). The summed E-state index contributed by atoms with van der Waals surface area (Å²) < 4.78 is 5.65. The summed E-state index contributed by atoms with van der Waals surface area (Å²) in [6.07, 6.45) is 3.10. The standard InChI is InChI=1S/C18H16N2O4/c1-9(21)15-16(10-5-3-2-4-6-10)19(15)20-17(22)13-11-7-8-12(24-11)14(13)18(20)23/h2-8,11-16H,1H3/t11-,12+,13-,14+,15-,16-,19?/m1/s1. The first kappa shape index (κ1) is 14.1. The van der Waals surface area contributed by atoms with Gasteiger partial charge in [0.1, 0.15) is 6.04 Å². The van der Waals surface area contributed by atoms with E-state index in [1.54, 1.807) is 5.01 Å². The number of amides is 2. The van der Waals surface area contributed by atoms with Crippen molar-refractivity contribution >= 4 is 17.6 Å². The molecule has 0 N–H and O–H groups in total. The number of ketones is 1. The second kappa shape index (κ2) is 4.62. The topological polar surface area (TPSA) is 66.7 Å². The van der Waals surface area contributed by atoms with Gasteiger partial charge >= 0.3 is 0 Å². The number of fused-ring (bicyclic) bond motifs is 5. The van der Waals surface area contributed by atoms with Crippen LogP contribution in [0.3, 0.4) is 0 Å². The molecule has 4 heterocycles. The van der Waals surface area contributed by atoms with Crippen molar-refractivity contribution in [3.8, 4) is 0 Å². The van der Waals surface area contributed by atoms with Crippen LogP contribution in [0.5, 0.6) is 0 Å². The monoisotopic (exact) mass is 324 g/mol. The lowest BCUT2D eigenvalue weighted by Crippen LogP contribution is -2.40. The van der Waals surface area contributed by atoms with Gasteiger partial charge in [0.05, 0.1) is 30.1 Å². The molecule has 6 nitrogen and oxygen atoms in total. The van der Waals surface area contributed by atoms with Crippen LogP contribution >= 0.6 is 0 Å². The van der Waals surface area contributed by atoms with E-state index in [1.807, 2.05) is 42.5 Å². The summed E-state index contributed by atoms with van der Waals surface area (Å²) in [6.45, 7) is 1.50. The number of carbonyl (C=O) groups excluding carboxylic acids is 3. The second-order valence-corrected chi connectivity index (χ2v) is 6.78. The van der Waals surface area contributed by atoms with Crippen molar-refractivity contribution < 1.29 is 19.1 Å². The van der Waals surface area contributed by atoms with Crippen LogP contribution in [0.2, 0.25) is 0 Å². The molecule has 7 atom stereocenters. The number of imide groups is 1. The van der Waals surface area contributed by atoms with Gasteiger partial charge in [-0.3, -0.25) is 14.4 Å². The Balaban J connectivity index is 1.49. The van der Waals surface area contributed by atoms with Crippen LogP contribution < -0.4 is 0 Å². The summed E-state index contributed by atoms with van der Waals surface area (Å²) >= 11 is 0. The van der Waals surface area contributed by atoms with Gasteiger partial charge in [-0.1, -0.05) is 42.5 Å². The summed E-state index contributed by atoms with van der Waals surface area (Å²) in [7, 11) is 0. The summed E-state index contributed by atoms with van der Waals surface area (Å²) in [5, 5.41) is 2.86. The maximum absolute atomic E-state index is 12.9. The minimum atomic E-state index is -0.453. The third kappa shape index (κ3) is 1.64. The van der Waals surface area contributed by atoms with E-state index in [2.05, 4.69) is 0 Å². The van der Waals surface area contributed by atoms with Gasteiger partial charge in [-0.05, 0) is 12.5 Å². The van der Waals surface area contributed by atoms with Crippen LogP contribution in [0.15, 0.2) is 42.5 Å². The molecule has 1 aromatic rings. The van der Waals surface area contributed by atoms with Crippen molar-refractivity contribution in [1.82, 2.24) is 10.0 Å². The lowest BCUT2D eigenvalue weighted by molar-refractivity contribution is -0.154. The van der Waals surface area contributed by atoms with E-state index < -0.39 is 17.9 Å². The molecule has 0 saturated carbocycles. The maximum atomic E-state index is 12.9. The van der Waals surface area contributed by atoms with Crippen molar-refractivity contribution in [2.24, 2.45) is 11.8 Å². The molecule has 0 radical (unpaired) electrons. The first-order valence-corrected chi connectivity index (χ1v) is 8.15. The second-order valence-electron chi connectivity index (χ2n) is 6.78. The van der Waals surface area contributed by atoms with Gasteiger partial charge in [0, 0.05) is 0 Å². The molecule has 0 aliphatic carbocycles. The van der Waals surface area contributed by atoms with Crippen LogP contribution in [0, 0.1) is 11.8 Å². The zero-order valence-corrected chi connectivity index (χ0v) is 13.0. The third-order valence-corrected chi connectivity index (χ3v) is 5.46. The van der Waals surface area contributed by atoms with Crippen molar-refractivity contribution in [3.63, 3.8) is 0 Å². The lowest BCUT2D eigenvalue weighted by Gasteiger charge is -2.19.